The van der Waals surface area contributed by atoms with Crippen LogP contribution in [-0.4, -0.2) is 0 Å². The van der Waals surface area contributed by atoms with Crippen LogP contribution >= 0.6 is 0 Å². The van der Waals surface area contributed by atoms with Gasteiger partial charge in [-0.1, -0.05) is 0 Å². The first-order chi connectivity index (χ1) is 5.43. The summed E-state index contributed by atoms with van der Waals surface area (Å²) in [4.78, 5) is 0. The van der Waals surface area contributed by atoms with Gasteiger partial charge in [0.15, 0.2) is 0 Å². The summed E-state index contributed by atoms with van der Waals surface area (Å²) < 4.78 is 3.88. The van der Waals surface area contributed by atoms with Crippen molar-refractivity contribution in [2.24, 2.45) is 0 Å². The molecule has 0 fully saturated rings. The number of rotatable bonds is 3. The maximum atomic E-state index is 2.28. The van der Waals surface area contributed by atoms with Crippen LogP contribution in [-0.2, 0) is 17.1 Å². The summed E-state index contributed by atoms with van der Waals surface area (Å²) in [7, 11) is 0. The molecule has 0 nitrogen and oxygen atoms in total. The van der Waals surface area contributed by atoms with E-state index in [9.17, 15) is 0 Å². The molecule has 1 aliphatic carbocycles. The zero-order chi connectivity index (χ0) is 7.94. The zero-order valence-electron chi connectivity index (χ0n) is 6.60. The Hall–Kier alpha value is -0.417. The molecule has 11 heavy (non-hydrogen) atoms. The predicted octanol–water partition coefficient (Wildman–Crippen LogP) is 3.00. The third kappa shape index (κ3) is 3.48. The summed E-state index contributed by atoms with van der Waals surface area (Å²) in [6.07, 6.45) is 14.0. The van der Waals surface area contributed by atoms with Crippen LogP contribution in [0.1, 0.15) is 13.3 Å². The molecule has 0 radical (unpaired) electrons. The predicted molar refractivity (Wildman–Crippen MR) is 45.8 cm³/mol. The van der Waals surface area contributed by atoms with Gasteiger partial charge in [0.25, 0.3) is 0 Å². The van der Waals surface area contributed by atoms with Crippen molar-refractivity contribution < 1.29 is 17.1 Å². The Kier molecular flexibility index (Phi) is 4.15. The molecule has 0 aliphatic heterocycles. The third-order valence-electron chi connectivity index (χ3n) is 1.28. The van der Waals surface area contributed by atoms with Crippen LogP contribution in [0.3, 0.4) is 0 Å². The van der Waals surface area contributed by atoms with Gasteiger partial charge in [-0.2, -0.15) is 0 Å². The van der Waals surface area contributed by atoms with E-state index in [2.05, 4.69) is 41.1 Å². The number of allylic oxidation sites excluding steroid dienone is 7. The van der Waals surface area contributed by atoms with E-state index in [-0.39, 0.29) is 0 Å². The first kappa shape index (κ1) is 8.68. The van der Waals surface area contributed by atoms with E-state index in [0.717, 1.165) is 0 Å². The first-order valence-electron chi connectivity index (χ1n) is 3.68. The van der Waals surface area contributed by atoms with E-state index in [0.29, 0.717) is 17.1 Å². The minimum atomic E-state index is 0.343. The first-order valence-corrected chi connectivity index (χ1v) is 5.55. The van der Waals surface area contributed by atoms with Gasteiger partial charge in [-0.25, -0.2) is 0 Å². The summed E-state index contributed by atoms with van der Waals surface area (Å²) in [5.74, 6) is 0. The second kappa shape index (κ2) is 5.26. The van der Waals surface area contributed by atoms with Crippen LogP contribution in [0.4, 0.5) is 0 Å². The number of hydrogen-bond acceptors (Lipinski definition) is 0. The van der Waals surface area contributed by atoms with Crippen LogP contribution in [0, 0.1) is 0 Å². The average molecular weight is 233 g/mol. The van der Waals surface area contributed by atoms with Gasteiger partial charge >= 0.3 is 75.8 Å². The number of hydrogen-bond donors (Lipinski definition) is 0. The van der Waals surface area contributed by atoms with E-state index in [1.165, 1.54) is 6.42 Å². The van der Waals surface area contributed by atoms with Crippen molar-refractivity contribution in [2.75, 3.05) is 0 Å². The molecule has 0 heterocycles. The van der Waals surface area contributed by atoms with E-state index in [1.54, 1.807) is 4.17 Å². The molecule has 0 saturated heterocycles. The molecule has 0 atom stereocenters. The van der Waals surface area contributed by atoms with Crippen LogP contribution in [0.5, 0.6) is 0 Å². The van der Waals surface area contributed by atoms with Crippen molar-refractivity contribution in [1.82, 2.24) is 0 Å². The fraction of sp³-hybridized carbons (Fsp3) is 0.200. The maximum absolute atomic E-state index is 2.28. The summed E-state index contributed by atoms with van der Waals surface area (Å²) in [6, 6.07) is 0. The molecule has 0 saturated carbocycles. The fourth-order valence-corrected chi connectivity index (χ4v) is 2.23. The Labute approximate surface area is 76.0 Å². The molecule has 0 aromatic heterocycles. The van der Waals surface area contributed by atoms with E-state index in [1.807, 2.05) is 6.92 Å². The van der Waals surface area contributed by atoms with Gasteiger partial charge in [-0.15, -0.1) is 0 Å². The van der Waals surface area contributed by atoms with Gasteiger partial charge in [0.1, 0.15) is 0 Å². The van der Waals surface area contributed by atoms with Crippen molar-refractivity contribution in [1.29, 1.82) is 0 Å². The summed E-state index contributed by atoms with van der Waals surface area (Å²) in [5, 5.41) is 0. The van der Waals surface area contributed by atoms with Gasteiger partial charge in [-0.3, -0.25) is 0 Å². The van der Waals surface area contributed by atoms with Crippen LogP contribution in [0.25, 0.3) is 0 Å². The van der Waals surface area contributed by atoms with Crippen molar-refractivity contribution in [3.63, 3.8) is 0 Å². The second-order valence-corrected chi connectivity index (χ2v) is 4.37. The average Bonchev–Trinajstić information content (AvgIpc) is 2.50. The summed E-state index contributed by atoms with van der Waals surface area (Å²) >= 11 is 0.343. The van der Waals surface area contributed by atoms with E-state index < -0.39 is 0 Å². The molecule has 1 aliphatic rings. The van der Waals surface area contributed by atoms with Crippen molar-refractivity contribution in [2.45, 2.75) is 13.3 Å². The van der Waals surface area contributed by atoms with E-state index in [4.69, 9.17) is 0 Å². The van der Waals surface area contributed by atoms with Crippen molar-refractivity contribution >= 4 is 0 Å². The third-order valence-corrected chi connectivity index (χ3v) is 3.19. The molecule has 0 N–H and O–H groups in total. The van der Waals surface area contributed by atoms with Crippen LogP contribution in [0.2, 0.25) is 0 Å². The molecular weight excluding hydrogens is 221 g/mol. The molecule has 0 amide bonds. The van der Waals surface area contributed by atoms with Gasteiger partial charge < -0.3 is 0 Å². The van der Waals surface area contributed by atoms with Gasteiger partial charge in [0.2, 0.25) is 0 Å². The fourth-order valence-electron chi connectivity index (χ4n) is 0.752. The van der Waals surface area contributed by atoms with Crippen LogP contribution in [0.15, 0.2) is 45.3 Å². The van der Waals surface area contributed by atoms with Crippen molar-refractivity contribution in [3.05, 3.63) is 45.3 Å². The Bertz CT molecular complexity index is 219. The molecule has 0 spiro atoms. The van der Waals surface area contributed by atoms with Crippen LogP contribution < -0.4 is 0 Å². The summed E-state index contributed by atoms with van der Waals surface area (Å²) in [5.41, 5.74) is 0. The molecule has 60 valence electrons. The van der Waals surface area contributed by atoms with Crippen molar-refractivity contribution in [3.8, 4) is 0 Å². The Morgan fingerprint density at radius 2 is 2.36 bits per heavy atom. The standard InChI is InChI=1S/C5H5.C5H7.Ru/c1-2-4-5-3-1;1-3-5-4-2;/h1-3H,4H2;1,3-5H,2H3;. The quantitative estimate of drug-likeness (QED) is 0.519. The molecule has 1 heteroatoms. The second-order valence-electron chi connectivity index (χ2n) is 2.17. The zero-order valence-corrected chi connectivity index (χ0v) is 8.34. The van der Waals surface area contributed by atoms with Gasteiger partial charge in [0.05, 0.1) is 0 Å². The molecule has 0 aromatic carbocycles. The minimum absolute atomic E-state index is 0.343. The normalized spacial score (nSPS) is 17.4. The topological polar surface area (TPSA) is 0 Å². The molecule has 0 bridgehead atoms. The monoisotopic (exact) mass is 234 g/mol. The molecule has 1 rings (SSSR count). The summed E-state index contributed by atoms with van der Waals surface area (Å²) in [6.45, 7) is 2.04. The van der Waals surface area contributed by atoms with E-state index >= 15 is 0 Å². The Morgan fingerprint density at radius 1 is 1.45 bits per heavy atom. The SMILES string of the molecule is CC=CC=[CH][Ru][C]1=CC=CC1. The molecule has 0 aromatic rings. The van der Waals surface area contributed by atoms with Gasteiger partial charge in [-0.05, 0) is 0 Å². The Balaban J connectivity index is 2.22. The Morgan fingerprint density at radius 3 is 3.00 bits per heavy atom. The molecule has 0 unspecified atom stereocenters. The van der Waals surface area contributed by atoms with Gasteiger partial charge in [0, 0.05) is 0 Å². The molecular formula is C10H12Ru.